The van der Waals surface area contributed by atoms with Crippen molar-refractivity contribution in [1.82, 2.24) is 10.6 Å². The van der Waals surface area contributed by atoms with Crippen LogP contribution in [0.2, 0.25) is 0 Å². The topological polar surface area (TPSA) is 76.7 Å². The summed E-state index contributed by atoms with van der Waals surface area (Å²) in [6.07, 6.45) is 1.38. The van der Waals surface area contributed by atoms with Crippen molar-refractivity contribution in [1.29, 1.82) is 0 Å². The minimum absolute atomic E-state index is 0.00614. The molecule has 0 saturated carbocycles. The molecule has 6 nitrogen and oxygen atoms in total. The summed E-state index contributed by atoms with van der Waals surface area (Å²) in [5.74, 6) is 0.501. The summed E-state index contributed by atoms with van der Waals surface area (Å²) >= 11 is 0. The molecular formula is C22H38N2O4. The Hall–Kier alpha value is -1.92. The molecule has 160 valence electrons. The largest absolute Gasteiger partial charge is 0.379 e. The molecule has 1 aromatic carbocycles. The van der Waals surface area contributed by atoms with Gasteiger partial charge in [0.2, 0.25) is 5.91 Å². The Balaban J connectivity index is 0.00000352. The summed E-state index contributed by atoms with van der Waals surface area (Å²) in [7, 11) is 0. The van der Waals surface area contributed by atoms with E-state index in [0.717, 1.165) is 6.42 Å². The maximum Gasteiger partial charge on any atom is 0.251 e. The van der Waals surface area contributed by atoms with Crippen LogP contribution in [0.15, 0.2) is 24.3 Å². The molecule has 0 unspecified atom stereocenters. The Bertz CT molecular complexity index is 530. The fourth-order valence-corrected chi connectivity index (χ4v) is 2.37. The Kier molecular flexibility index (Phi) is 16.0. The summed E-state index contributed by atoms with van der Waals surface area (Å²) in [6.45, 7) is 13.0. The number of rotatable bonds is 13. The fourth-order valence-electron chi connectivity index (χ4n) is 2.37. The molecule has 2 amide bonds. The van der Waals surface area contributed by atoms with Crippen LogP contribution < -0.4 is 10.6 Å². The molecule has 1 aromatic rings. The van der Waals surface area contributed by atoms with Crippen molar-refractivity contribution in [3.63, 3.8) is 0 Å². The molecule has 0 atom stereocenters. The molecule has 0 saturated heterocycles. The summed E-state index contributed by atoms with van der Waals surface area (Å²) in [5.41, 5.74) is 1.90. The summed E-state index contributed by atoms with van der Waals surface area (Å²) in [4.78, 5) is 23.2. The lowest BCUT2D eigenvalue weighted by Crippen LogP contribution is -2.27. The van der Waals surface area contributed by atoms with Gasteiger partial charge >= 0.3 is 0 Å². The first-order chi connectivity index (χ1) is 13.5. The SMILES string of the molecule is CC.CCNC(=O)CCOCCOCCNC(=O)c1ccc(CC(C)C)cc1. The molecule has 6 heteroatoms. The van der Waals surface area contributed by atoms with Crippen molar-refractivity contribution in [3.8, 4) is 0 Å². The van der Waals surface area contributed by atoms with Crippen molar-refractivity contribution >= 4 is 11.8 Å². The van der Waals surface area contributed by atoms with Crippen LogP contribution in [0.25, 0.3) is 0 Å². The lowest BCUT2D eigenvalue weighted by Gasteiger charge is -2.08. The van der Waals surface area contributed by atoms with Gasteiger partial charge in [-0.05, 0) is 37.0 Å². The van der Waals surface area contributed by atoms with E-state index in [9.17, 15) is 9.59 Å². The maximum absolute atomic E-state index is 12.0. The zero-order valence-electron chi connectivity index (χ0n) is 18.2. The molecule has 0 aliphatic rings. The number of nitrogens with one attached hydrogen (secondary N) is 2. The highest BCUT2D eigenvalue weighted by atomic mass is 16.5. The number of ether oxygens (including phenoxy) is 2. The normalized spacial score (nSPS) is 10.2. The third-order valence-electron chi connectivity index (χ3n) is 3.61. The molecule has 0 heterocycles. The van der Waals surface area contributed by atoms with Crippen molar-refractivity contribution in [3.05, 3.63) is 35.4 Å². The van der Waals surface area contributed by atoms with Crippen LogP contribution in [-0.4, -0.2) is 51.3 Å². The Morgan fingerprint density at radius 1 is 0.929 bits per heavy atom. The molecule has 28 heavy (non-hydrogen) atoms. The molecule has 0 spiro atoms. The average Bonchev–Trinajstić information content (AvgIpc) is 2.68. The third-order valence-corrected chi connectivity index (χ3v) is 3.61. The Morgan fingerprint density at radius 2 is 1.54 bits per heavy atom. The number of amides is 2. The van der Waals surface area contributed by atoms with Crippen LogP contribution in [-0.2, 0) is 20.7 Å². The molecule has 0 fully saturated rings. The van der Waals surface area contributed by atoms with Gasteiger partial charge in [-0.15, -0.1) is 0 Å². The Labute approximate surface area is 170 Å². The Morgan fingerprint density at radius 3 is 2.11 bits per heavy atom. The molecule has 0 aliphatic heterocycles. The lowest BCUT2D eigenvalue weighted by atomic mass is 10.0. The third kappa shape index (κ3) is 13.3. The number of carbonyl (C=O) groups is 2. The lowest BCUT2D eigenvalue weighted by molar-refractivity contribution is -0.122. The minimum atomic E-state index is -0.0946. The van der Waals surface area contributed by atoms with E-state index in [0.29, 0.717) is 57.4 Å². The van der Waals surface area contributed by atoms with Crippen molar-refractivity contribution in [2.24, 2.45) is 5.92 Å². The zero-order chi connectivity index (χ0) is 21.2. The minimum Gasteiger partial charge on any atom is -0.379 e. The highest BCUT2D eigenvalue weighted by Gasteiger charge is 2.05. The number of benzene rings is 1. The van der Waals surface area contributed by atoms with E-state index < -0.39 is 0 Å². The summed E-state index contributed by atoms with van der Waals surface area (Å²) in [6, 6.07) is 7.72. The van der Waals surface area contributed by atoms with Crippen LogP contribution in [0.3, 0.4) is 0 Å². The predicted molar refractivity (Wildman–Crippen MR) is 114 cm³/mol. The molecular weight excluding hydrogens is 356 g/mol. The van der Waals surface area contributed by atoms with Crippen molar-refractivity contribution < 1.29 is 19.1 Å². The fraction of sp³-hybridized carbons (Fsp3) is 0.636. The molecule has 1 rings (SSSR count). The van der Waals surface area contributed by atoms with Gasteiger partial charge in [-0.2, -0.15) is 0 Å². The molecule has 0 radical (unpaired) electrons. The van der Waals surface area contributed by atoms with Gasteiger partial charge in [-0.3, -0.25) is 9.59 Å². The van der Waals surface area contributed by atoms with E-state index in [2.05, 4.69) is 24.5 Å². The van der Waals surface area contributed by atoms with E-state index in [1.807, 2.05) is 45.0 Å². The van der Waals surface area contributed by atoms with Crippen molar-refractivity contribution in [2.75, 3.05) is 39.5 Å². The monoisotopic (exact) mass is 394 g/mol. The van der Waals surface area contributed by atoms with E-state index in [4.69, 9.17) is 9.47 Å². The van der Waals surface area contributed by atoms with Gasteiger partial charge in [-0.1, -0.05) is 39.8 Å². The highest BCUT2D eigenvalue weighted by Crippen LogP contribution is 2.09. The van der Waals surface area contributed by atoms with Crippen LogP contribution in [0.4, 0.5) is 0 Å². The van der Waals surface area contributed by atoms with Gasteiger partial charge < -0.3 is 20.1 Å². The van der Waals surface area contributed by atoms with E-state index in [1.165, 1.54) is 5.56 Å². The van der Waals surface area contributed by atoms with Gasteiger partial charge in [0.15, 0.2) is 0 Å². The molecule has 0 aliphatic carbocycles. The van der Waals surface area contributed by atoms with Gasteiger partial charge in [0.1, 0.15) is 0 Å². The van der Waals surface area contributed by atoms with Crippen LogP contribution in [0, 0.1) is 5.92 Å². The van der Waals surface area contributed by atoms with Crippen LogP contribution >= 0.6 is 0 Å². The molecule has 0 aromatic heterocycles. The molecule has 2 N–H and O–H groups in total. The highest BCUT2D eigenvalue weighted by molar-refractivity contribution is 5.94. The maximum atomic E-state index is 12.0. The number of carbonyl (C=O) groups excluding carboxylic acids is 2. The summed E-state index contributed by atoms with van der Waals surface area (Å²) < 4.78 is 10.7. The standard InChI is InChI=1S/C20H32N2O4.C2H6/c1-4-21-19(23)9-11-25-13-14-26-12-10-22-20(24)18-7-5-17(6-8-18)15-16(2)3;1-2/h5-8,16H,4,9-15H2,1-3H3,(H,21,23)(H,22,24);1-2H3. The first-order valence-corrected chi connectivity index (χ1v) is 10.3. The first-order valence-electron chi connectivity index (χ1n) is 10.3. The van der Waals surface area contributed by atoms with Crippen LogP contribution in [0.1, 0.15) is 57.0 Å². The predicted octanol–water partition coefficient (Wildman–Crippen LogP) is 3.20. The van der Waals surface area contributed by atoms with E-state index in [-0.39, 0.29) is 11.8 Å². The quantitative estimate of drug-likeness (QED) is 0.504. The number of hydrogen-bond donors (Lipinski definition) is 2. The summed E-state index contributed by atoms with van der Waals surface area (Å²) in [5, 5.41) is 5.54. The van der Waals surface area contributed by atoms with Gasteiger partial charge in [-0.25, -0.2) is 0 Å². The first kappa shape index (κ1) is 26.1. The average molecular weight is 395 g/mol. The number of hydrogen-bond acceptors (Lipinski definition) is 4. The van der Waals surface area contributed by atoms with Gasteiger partial charge in [0.25, 0.3) is 5.91 Å². The second-order valence-electron chi connectivity index (χ2n) is 6.48. The van der Waals surface area contributed by atoms with Gasteiger partial charge in [0.05, 0.1) is 26.4 Å². The van der Waals surface area contributed by atoms with Crippen LogP contribution in [0.5, 0.6) is 0 Å². The van der Waals surface area contributed by atoms with E-state index >= 15 is 0 Å². The second-order valence-corrected chi connectivity index (χ2v) is 6.48. The van der Waals surface area contributed by atoms with Crippen molar-refractivity contribution in [2.45, 2.75) is 47.5 Å². The van der Waals surface area contributed by atoms with Gasteiger partial charge in [0, 0.05) is 25.1 Å². The van der Waals surface area contributed by atoms with E-state index in [1.54, 1.807) is 0 Å². The zero-order valence-corrected chi connectivity index (χ0v) is 18.2. The molecule has 0 bridgehead atoms. The second kappa shape index (κ2) is 17.2. The smallest absolute Gasteiger partial charge is 0.251 e.